The number of para-hydroxylation sites is 1. The minimum Gasteiger partial charge on any atom is -0.494 e. The molecule has 0 fully saturated rings. The molecule has 0 amide bonds. The number of halogens is 2. The Bertz CT molecular complexity index is 1110. The molecule has 148 valence electrons. The van der Waals surface area contributed by atoms with Crippen molar-refractivity contribution in [2.45, 2.75) is 22.3 Å². The molecule has 0 aliphatic carbocycles. The summed E-state index contributed by atoms with van der Waals surface area (Å²) < 4.78 is 9.94. The van der Waals surface area contributed by atoms with Crippen molar-refractivity contribution in [2.24, 2.45) is 0 Å². The molecule has 0 saturated heterocycles. The molecule has 0 N–H and O–H groups in total. The summed E-state index contributed by atoms with van der Waals surface area (Å²) in [6.45, 7) is 2.67. The highest BCUT2D eigenvalue weighted by Gasteiger charge is 2.16. The van der Waals surface area contributed by atoms with Crippen LogP contribution in [0.25, 0.3) is 16.7 Å². The van der Waals surface area contributed by atoms with E-state index in [1.54, 1.807) is 11.8 Å². The van der Waals surface area contributed by atoms with Gasteiger partial charge < -0.3 is 4.74 Å². The van der Waals surface area contributed by atoms with Crippen molar-refractivity contribution in [2.75, 3.05) is 6.61 Å². The van der Waals surface area contributed by atoms with Crippen LogP contribution in [0.1, 0.15) is 18.1 Å². The van der Waals surface area contributed by atoms with Gasteiger partial charge in [0.05, 0.1) is 17.6 Å². The summed E-state index contributed by atoms with van der Waals surface area (Å²) in [4.78, 5) is 4.97. The third-order valence-corrected chi connectivity index (χ3v) is 6.92. The van der Waals surface area contributed by atoms with E-state index in [9.17, 15) is 0 Å². The standard InChI is InChI=1S/C23H20BrIN2OS/c1-2-28-20-12-10-19(11-13-20)27-22-17(14-25)4-3-5-21(22)26-23(27)29-15-16-6-8-18(24)9-7-16/h3-13H,2,14-15H2,1H3. The molecular weight excluding hydrogens is 559 g/mol. The Morgan fingerprint density at radius 3 is 2.48 bits per heavy atom. The van der Waals surface area contributed by atoms with Crippen LogP contribution in [0.3, 0.4) is 0 Å². The number of alkyl halides is 1. The van der Waals surface area contributed by atoms with Crippen molar-refractivity contribution in [1.29, 1.82) is 0 Å². The molecular formula is C23H20BrIN2OS. The molecule has 0 spiro atoms. The van der Waals surface area contributed by atoms with Crippen molar-refractivity contribution in [3.63, 3.8) is 0 Å². The number of benzene rings is 3. The smallest absolute Gasteiger partial charge is 0.174 e. The number of hydrogen-bond acceptors (Lipinski definition) is 3. The Kier molecular flexibility index (Phi) is 6.82. The van der Waals surface area contributed by atoms with E-state index in [2.05, 4.69) is 97.7 Å². The van der Waals surface area contributed by atoms with Crippen LogP contribution in [0.15, 0.2) is 76.4 Å². The lowest BCUT2D eigenvalue weighted by molar-refractivity contribution is 0.340. The van der Waals surface area contributed by atoms with Crippen molar-refractivity contribution in [3.8, 4) is 11.4 Å². The van der Waals surface area contributed by atoms with Gasteiger partial charge in [-0.15, -0.1) is 0 Å². The zero-order chi connectivity index (χ0) is 20.2. The fraction of sp³-hybridized carbons (Fsp3) is 0.174. The van der Waals surface area contributed by atoms with E-state index in [1.807, 2.05) is 19.1 Å². The van der Waals surface area contributed by atoms with Gasteiger partial charge in [0.2, 0.25) is 0 Å². The Labute approximate surface area is 197 Å². The maximum Gasteiger partial charge on any atom is 0.174 e. The fourth-order valence-corrected chi connectivity index (χ4v) is 5.06. The molecule has 0 bridgehead atoms. The first-order chi connectivity index (χ1) is 14.2. The summed E-state index contributed by atoms with van der Waals surface area (Å²) in [6.07, 6.45) is 0. The first-order valence-corrected chi connectivity index (χ1v) is 12.7. The molecule has 1 aromatic heterocycles. The minimum absolute atomic E-state index is 0.667. The third kappa shape index (κ3) is 4.64. The fourth-order valence-electron chi connectivity index (χ4n) is 3.21. The zero-order valence-electron chi connectivity index (χ0n) is 15.9. The Hall–Kier alpha value is -1.51. The lowest BCUT2D eigenvalue weighted by Gasteiger charge is -2.12. The molecule has 4 aromatic rings. The van der Waals surface area contributed by atoms with Crippen molar-refractivity contribution in [1.82, 2.24) is 9.55 Å². The van der Waals surface area contributed by atoms with Gasteiger partial charge in [0.25, 0.3) is 0 Å². The highest BCUT2D eigenvalue weighted by atomic mass is 127. The Balaban J connectivity index is 1.76. The van der Waals surface area contributed by atoms with Crippen LogP contribution < -0.4 is 4.74 Å². The van der Waals surface area contributed by atoms with Gasteiger partial charge in [0.15, 0.2) is 5.16 Å². The van der Waals surface area contributed by atoms with E-state index in [1.165, 1.54) is 16.6 Å². The molecule has 0 aliphatic rings. The molecule has 29 heavy (non-hydrogen) atoms. The molecule has 6 heteroatoms. The second-order valence-electron chi connectivity index (χ2n) is 6.49. The number of nitrogens with zero attached hydrogens (tertiary/aromatic N) is 2. The van der Waals surface area contributed by atoms with Crippen LogP contribution >= 0.6 is 50.3 Å². The quantitative estimate of drug-likeness (QED) is 0.130. The van der Waals surface area contributed by atoms with E-state index in [-0.39, 0.29) is 0 Å². The van der Waals surface area contributed by atoms with Gasteiger partial charge in [-0.05, 0) is 60.5 Å². The monoisotopic (exact) mass is 578 g/mol. The lowest BCUT2D eigenvalue weighted by Crippen LogP contribution is -1.99. The van der Waals surface area contributed by atoms with Crippen molar-refractivity contribution < 1.29 is 4.74 Å². The summed E-state index contributed by atoms with van der Waals surface area (Å²) >= 11 is 7.69. The van der Waals surface area contributed by atoms with Gasteiger partial charge in [-0.1, -0.05) is 74.5 Å². The van der Waals surface area contributed by atoms with Gasteiger partial charge in [0.1, 0.15) is 5.75 Å². The van der Waals surface area contributed by atoms with Crippen LogP contribution in [-0.4, -0.2) is 16.2 Å². The zero-order valence-corrected chi connectivity index (χ0v) is 20.5. The molecule has 4 rings (SSSR count). The maximum atomic E-state index is 5.62. The van der Waals surface area contributed by atoms with Gasteiger partial charge >= 0.3 is 0 Å². The molecule has 0 aliphatic heterocycles. The normalized spacial score (nSPS) is 11.1. The van der Waals surface area contributed by atoms with Crippen LogP contribution in [0.5, 0.6) is 5.75 Å². The topological polar surface area (TPSA) is 27.1 Å². The largest absolute Gasteiger partial charge is 0.494 e. The number of ether oxygens (including phenoxy) is 1. The SMILES string of the molecule is CCOc1ccc(-n2c(SCc3ccc(Br)cc3)nc3cccc(CI)c32)cc1. The summed E-state index contributed by atoms with van der Waals surface area (Å²) in [5.74, 6) is 1.76. The summed E-state index contributed by atoms with van der Waals surface area (Å²) in [7, 11) is 0. The molecule has 0 saturated carbocycles. The number of hydrogen-bond donors (Lipinski definition) is 0. The highest BCUT2D eigenvalue weighted by molar-refractivity contribution is 14.1. The highest BCUT2D eigenvalue weighted by Crippen LogP contribution is 2.33. The van der Waals surface area contributed by atoms with E-state index in [0.29, 0.717) is 6.61 Å². The Morgan fingerprint density at radius 2 is 1.79 bits per heavy atom. The molecule has 3 aromatic carbocycles. The molecule has 3 nitrogen and oxygen atoms in total. The number of imidazole rings is 1. The predicted octanol–water partition coefficient (Wildman–Crippen LogP) is 7.41. The van der Waals surface area contributed by atoms with E-state index < -0.39 is 0 Å². The van der Waals surface area contributed by atoms with Crippen molar-refractivity contribution in [3.05, 3.63) is 82.3 Å². The number of thioether (sulfide) groups is 1. The third-order valence-electron chi connectivity index (χ3n) is 4.56. The van der Waals surface area contributed by atoms with E-state index in [0.717, 1.165) is 36.8 Å². The lowest BCUT2D eigenvalue weighted by atomic mass is 10.2. The van der Waals surface area contributed by atoms with Crippen LogP contribution in [-0.2, 0) is 10.2 Å². The van der Waals surface area contributed by atoms with Crippen molar-refractivity contribution >= 4 is 61.3 Å². The average molecular weight is 579 g/mol. The minimum atomic E-state index is 0.667. The number of aromatic nitrogens is 2. The second-order valence-corrected chi connectivity index (χ2v) is 9.11. The predicted molar refractivity (Wildman–Crippen MR) is 134 cm³/mol. The first-order valence-electron chi connectivity index (χ1n) is 9.36. The molecule has 0 atom stereocenters. The summed E-state index contributed by atoms with van der Waals surface area (Å²) in [6, 6.07) is 23.1. The second kappa shape index (κ2) is 9.53. The average Bonchev–Trinajstić information content (AvgIpc) is 3.13. The van der Waals surface area contributed by atoms with Gasteiger partial charge in [-0.2, -0.15) is 0 Å². The summed E-state index contributed by atoms with van der Waals surface area (Å²) in [5, 5.41) is 1.00. The Morgan fingerprint density at radius 1 is 1.03 bits per heavy atom. The van der Waals surface area contributed by atoms with Crippen LogP contribution in [0.2, 0.25) is 0 Å². The number of rotatable bonds is 7. The maximum absolute atomic E-state index is 5.62. The number of fused-ring (bicyclic) bond motifs is 1. The first kappa shape index (κ1) is 20.8. The molecule has 0 unspecified atom stereocenters. The van der Waals surface area contributed by atoms with Crippen LogP contribution in [0.4, 0.5) is 0 Å². The van der Waals surface area contributed by atoms with E-state index >= 15 is 0 Å². The molecule has 0 radical (unpaired) electrons. The van der Waals surface area contributed by atoms with E-state index in [4.69, 9.17) is 9.72 Å². The molecule has 1 heterocycles. The summed E-state index contributed by atoms with van der Waals surface area (Å²) in [5.41, 5.74) is 5.89. The van der Waals surface area contributed by atoms with Crippen LogP contribution in [0, 0.1) is 0 Å². The van der Waals surface area contributed by atoms with Gasteiger partial charge in [-0.25, -0.2) is 4.98 Å². The van der Waals surface area contributed by atoms with Gasteiger partial charge in [-0.3, -0.25) is 4.57 Å². The van der Waals surface area contributed by atoms with Gasteiger partial charge in [0, 0.05) is 20.3 Å².